The molecule has 4 aromatic carbocycles. The summed E-state index contributed by atoms with van der Waals surface area (Å²) in [6.45, 7) is 6.17. The molecule has 0 atom stereocenters. The molecule has 5 N–H and O–H groups in total. The van der Waals surface area contributed by atoms with Crippen molar-refractivity contribution >= 4 is 11.9 Å². The van der Waals surface area contributed by atoms with Gasteiger partial charge in [-0.3, -0.25) is 21.5 Å². The highest BCUT2D eigenvalue weighted by Crippen LogP contribution is 2.42. The maximum atomic E-state index is 11.9. The molecule has 3 heterocycles. The highest BCUT2D eigenvalue weighted by Gasteiger charge is 2.41. The number of aryl methyl sites for hydroxylation is 1. The van der Waals surface area contributed by atoms with Gasteiger partial charge >= 0.3 is 5.97 Å². The molecule has 2 aliphatic heterocycles. The number of benzene rings is 4. The number of aliphatic imine (C=N–C) groups is 1. The van der Waals surface area contributed by atoms with Crippen LogP contribution >= 0.6 is 0 Å². The standard InChI is InChI=1S/C23H27N3.C16H16O2.C8H15NO.H4N2/c1-2-23(19-13-7-5-8-14-19,20-15-9-6-10-16-20)22-25-24-21-17-11-3-4-12-18-26(21)22;1-2-16(15(17)18,13-9-5-3-6-10-13)14-11-7-4-8-12-14;1-10-8-6-4-2-3-5-7-9-8;1-2/h5-10,13-16H,2-4,11-12,17-18H2,1H3;3-12H,2H2,1H3,(H,17,18);2-7H2,1H3;1-2H2. The lowest BCUT2D eigenvalue weighted by Gasteiger charge is -2.34. The van der Waals surface area contributed by atoms with E-state index in [1.807, 2.05) is 67.6 Å². The second kappa shape index (κ2) is 23.1. The molecule has 298 valence electrons. The molecular weight excluding hydrogens is 697 g/mol. The van der Waals surface area contributed by atoms with Crippen LogP contribution in [0.3, 0.4) is 0 Å². The van der Waals surface area contributed by atoms with Crippen molar-refractivity contribution < 1.29 is 14.6 Å². The van der Waals surface area contributed by atoms with E-state index in [-0.39, 0.29) is 5.41 Å². The number of nitrogens with zero attached hydrogens (tertiary/aromatic N) is 4. The van der Waals surface area contributed by atoms with Gasteiger partial charge < -0.3 is 14.4 Å². The van der Waals surface area contributed by atoms with Gasteiger partial charge in [0.1, 0.15) is 17.1 Å². The normalized spacial score (nSPS) is 14.4. The fourth-order valence-electron chi connectivity index (χ4n) is 8.02. The number of hydrogen-bond acceptors (Lipinski definition) is 7. The largest absolute Gasteiger partial charge is 0.484 e. The van der Waals surface area contributed by atoms with Crippen molar-refractivity contribution in [2.45, 2.75) is 108 Å². The zero-order valence-electron chi connectivity index (χ0n) is 33.7. The number of aliphatic carboxylic acids is 1. The second-order valence-electron chi connectivity index (χ2n) is 14.2. The minimum atomic E-state index is -0.956. The number of methoxy groups -OCH3 is 1. The number of nitrogens with two attached hydrogens (primary N) is 2. The van der Waals surface area contributed by atoms with Gasteiger partial charge in [0.25, 0.3) is 0 Å². The van der Waals surface area contributed by atoms with E-state index in [9.17, 15) is 9.90 Å². The molecule has 2 aliphatic rings. The van der Waals surface area contributed by atoms with Gasteiger partial charge in [-0.15, -0.1) is 10.2 Å². The van der Waals surface area contributed by atoms with Gasteiger partial charge in [-0.2, -0.15) is 0 Å². The summed E-state index contributed by atoms with van der Waals surface area (Å²) < 4.78 is 7.50. The quantitative estimate of drug-likeness (QED) is 0.106. The number of carboxylic acid groups (broad SMARTS) is 1. The molecular formula is C47H62N6O3. The van der Waals surface area contributed by atoms with Crippen LogP contribution < -0.4 is 11.7 Å². The van der Waals surface area contributed by atoms with Crippen molar-refractivity contribution in [3.8, 4) is 0 Å². The Kier molecular flexibility index (Phi) is 18.0. The summed E-state index contributed by atoms with van der Waals surface area (Å²) in [6, 6.07) is 40.5. The van der Waals surface area contributed by atoms with Crippen molar-refractivity contribution in [3.63, 3.8) is 0 Å². The summed E-state index contributed by atoms with van der Waals surface area (Å²) in [5.74, 6) is 10.4. The highest BCUT2D eigenvalue weighted by molar-refractivity contribution is 5.86. The molecule has 0 saturated carbocycles. The van der Waals surface area contributed by atoms with Crippen LogP contribution in [0.15, 0.2) is 126 Å². The Bertz CT molecular complexity index is 1780. The smallest absolute Gasteiger partial charge is 0.318 e. The molecule has 0 aliphatic carbocycles. The van der Waals surface area contributed by atoms with Crippen molar-refractivity contribution in [1.82, 2.24) is 14.8 Å². The first-order chi connectivity index (χ1) is 27.5. The summed E-state index contributed by atoms with van der Waals surface area (Å²) >= 11 is 0. The molecule has 9 heteroatoms. The first kappa shape index (κ1) is 43.6. The fraction of sp³-hybridized carbons (Fsp3) is 0.404. The van der Waals surface area contributed by atoms with E-state index in [0.717, 1.165) is 61.0 Å². The van der Waals surface area contributed by atoms with Gasteiger partial charge in [-0.05, 0) is 60.8 Å². The van der Waals surface area contributed by atoms with E-state index in [1.54, 1.807) is 7.11 Å². The summed E-state index contributed by atoms with van der Waals surface area (Å²) in [4.78, 5) is 16.1. The van der Waals surface area contributed by atoms with Crippen LogP contribution in [0.2, 0.25) is 0 Å². The van der Waals surface area contributed by atoms with Gasteiger partial charge in [-0.1, -0.05) is 161 Å². The maximum Gasteiger partial charge on any atom is 0.318 e. The Morgan fingerprint density at radius 1 is 0.643 bits per heavy atom. The molecule has 0 fully saturated rings. The Hall–Kier alpha value is -5.12. The lowest BCUT2D eigenvalue weighted by Crippen LogP contribution is -2.36. The average Bonchev–Trinajstić information content (AvgIpc) is 3.62. The molecule has 0 bridgehead atoms. The SMILES string of the molecule is CCC(C(=O)O)(c1ccccc1)c1ccccc1.CCC(c1ccccc1)(c1ccccc1)c1nnc2n1CCCCCC2.COC1=NCCCCCC1.NN. The number of fused-ring (bicyclic) bond motifs is 1. The van der Waals surface area contributed by atoms with E-state index in [2.05, 4.69) is 93.9 Å². The van der Waals surface area contributed by atoms with Crippen molar-refractivity contribution in [2.75, 3.05) is 13.7 Å². The van der Waals surface area contributed by atoms with E-state index in [1.165, 1.54) is 62.5 Å². The lowest BCUT2D eigenvalue weighted by molar-refractivity contribution is -0.142. The summed E-state index contributed by atoms with van der Waals surface area (Å²) in [5, 5.41) is 19.2. The predicted molar refractivity (Wildman–Crippen MR) is 228 cm³/mol. The number of hydrogen-bond donors (Lipinski definition) is 3. The zero-order chi connectivity index (χ0) is 40.1. The second-order valence-corrected chi connectivity index (χ2v) is 14.2. The highest BCUT2D eigenvalue weighted by atomic mass is 16.5. The number of hydrazine groups is 1. The molecule has 9 nitrogen and oxygen atoms in total. The van der Waals surface area contributed by atoms with Crippen molar-refractivity contribution in [1.29, 1.82) is 0 Å². The van der Waals surface area contributed by atoms with Crippen LogP contribution in [0, 0.1) is 0 Å². The van der Waals surface area contributed by atoms with E-state index in [4.69, 9.17) is 9.84 Å². The Morgan fingerprint density at radius 3 is 1.57 bits per heavy atom. The molecule has 0 saturated heterocycles. The van der Waals surface area contributed by atoms with Gasteiger partial charge in [0.2, 0.25) is 0 Å². The minimum Gasteiger partial charge on any atom is -0.484 e. The van der Waals surface area contributed by atoms with Gasteiger partial charge in [-0.25, -0.2) is 0 Å². The van der Waals surface area contributed by atoms with Crippen LogP contribution in [0.25, 0.3) is 0 Å². The van der Waals surface area contributed by atoms with Crippen LogP contribution in [0.4, 0.5) is 0 Å². The minimum absolute atomic E-state index is 0.257. The van der Waals surface area contributed by atoms with Crippen LogP contribution in [-0.2, 0) is 33.3 Å². The van der Waals surface area contributed by atoms with Crippen LogP contribution in [-0.4, -0.2) is 45.4 Å². The first-order valence-electron chi connectivity index (χ1n) is 20.3. The molecule has 0 spiro atoms. The number of aromatic nitrogens is 3. The van der Waals surface area contributed by atoms with Crippen LogP contribution in [0.5, 0.6) is 0 Å². The molecule has 0 unspecified atom stereocenters. The molecule has 56 heavy (non-hydrogen) atoms. The number of carbonyl (C=O) groups is 1. The molecule has 7 rings (SSSR count). The van der Waals surface area contributed by atoms with Gasteiger partial charge in [0.05, 0.1) is 12.5 Å². The topological polar surface area (TPSA) is 142 Å². The summed E-state index contributed by atoms with van der Waals surface area (Å²) in [6.07, 6.45) is 13.7. The van der Waals surface area contributed by atoms with Gasteiger partial charge in [0.15, 0.2) is 5.90 Å². The third kappa shape index (κ3) is 10.6. The molecule has 5 aromatic rings. The Balaban J connectivity index is 0.000000201. The van der Waals surface area contributed by atoms with Gasteiger partial charge in [0, 0.05) is 25.9 Å². The number of rotatable bonds is 8. The number of ether oxygens (including phenoxy) is 1. The first-order valence-corrected chi connectivity index (χ1v) is 20.3. The molecule has 0 radical (unpaired) electrons. The average molecular weight is 759 g/mol. The predicted octanol–water partition coefficient (Wildman–Crippen LogP) is 9.42. The monoisotopic (exact) mass is 758 g/mol. The maximum absolute atomic E-state index is 11.9. The fourth-order valence-corrected chi connectivity index (χ4v) is 8.02. The van der Waals surface area contributed by atoms with Crippen molar-refractivity contribution in [3.05, 3.63) is 155 Å². The van der Waals surface area contributed by atoms with Crippen LogP contribution in [0.1, 0.15) is 118 Å². The summed E-state index contributed by atoms with van der Waals surface area (Å²) in [5.41, 5.74) is 3.03. The van der Waals surface area contributed by atoms with E-state index >= 15 is 0 Å². The van der Waals surface area contributed by atoms with E-state index < -0.39 is 11.4 Å². The number of carboxylic acids is 1. The lowest BCUT2D eigenvalue weighted by atomic mass is 9.71. The Morgan fingerprint density at radius 2 is 1.11 bits per heavy atom. The zero-order valence-corrected chi connectivity index (χ0v) is 33.7. The van der Waals surface area contributed by atoms with Crippen molar-refractivity contribution in [2.24, 2.45) is 16.7 Å². The van der Waals surface area contributed by atoms with E-state index in [0.29, 0.717) is 6.42 Å². The summed E-state index contributed by atoms with van der Waals surface area (Å²) in [7, 11) is 1.71. The third-order valence-corrected chi connectivity index (χ3v) is 11.1. The molecule has 1 aromatic heterocycles. The Labute approximate surface area is 334 Å². The third-order valence-electron chi connectivity index (χ3n) is 11.1. The molecule has 0 amide bonds.